The van der Waals surface area contributed by atoms with Crippen molar-refractivity contribution in [2.75, 3.05) is 13.1 Å². The first kappa shape index (κ1) is 12.4. The Labute approximate surface area is 106 Å². The summed E-state index contributed by atoms with van der Waals surface area (Å²) >= 11 is 0. The van der Waals surface area contributed by atoms with Crippen LogP contribution in [0.3, 0.4) is 0 Å². The number of benzene rings is 1. The van der Waals surface area contributed by atoms with Crippen LogP contribution in [0.2, 0.25) is 0 Å². The average Bonchev–Trinajstić information content (AvgIpc) is 2.40. The van der Waals surface area contributed by atoms with E-state index in [0.29, 0.717) is 18.8 Å². The molecule has 0 saturated carbocycles. The third-order valence-corrected chi connectivity index (χ3v) is 3.03. The first-order valence-corrected chi connectivity index (χ1v) is 5.98. The van der Waals surface area contributed by atoms with E-state index in [1.807, 2.05) is 6.07 Å². The van der Waals surface area contributed by atoms with Crippen molar-refractivity contribution in [1.82, 2.24) is 4.90 Å². The minimum atomic E-state index is -0.424. The molecule has 0 spiro atoms. The molecule has 5 heteroatoms. The number of primary amides is 1. The standard InChI is InChI=1S/C13H16N2O3/c14-12(16)10-5-4-8-15(9-10)13(17)18-11-6-2-1-3-7-11/h1-3,6-7,10H,4-5,8-9H2,(H2,14,16). The van der Waals surface area contributed by atoms with Crippen LogP contribution in [0.25, 0.3) is 0 Å². The summed E-state index contributed by atoms with van der Waals surface area (Å²) in [6, 6.07) is 8.87. The van der Waals surface area contributed by atoms with Gasteiger partial charge in [-0.2, -0.15) is 0 Å². The van der Waals surface area contributed by atoms with Crippen LogP contribution in [0.5, 0.6) is 5.75 Å². The zero-order chi connectivity index (χ0) is 13.0. The Morgan fingerprint density at radius 1 is 1.28 bits per heavy atom. The van der Waals surface area contributed by atoms with Crippen LogP contribution in [-0.4, -0.2) is 30.0 Å². The SMILES string of the molecule is NC(=O)C1CCCN(C(=O)Oc2ccccc2)C1. The molecule has 2 rings (SSSR count). The van der Waals surface area contributed by atoms with Gasteiger partial charge in [-0.05, 0) is 25.0 Å². The van der Waals surface area contributed by atoms with Crippen molar-refractivity contribution >= 4 is 12.0 Å². The first-order chi connectivity index (χ1) is 8.66. The number of rotatable bonds is 2. The second kappa shape index (κ2) is 5.53. The van der Waals surface area contributed by atoms with Gasteiger partial charge < -0.3 is 15.4 Å². The largest absolute Gasteiger partial charge is 0.415 e. The van der Waals surface area contributed by atoms with E-state index in [1.165, 1.54) is 4.90 Å². The summed E-state index contributed by atoms with van der Waals surface area (Å²) in [7, 11) is 0. The van der Waals surface area contributed by atoms with E-state index in [4.69, 9.17) is 10.5 Å². The van der Waals surface area contributed by atoms with E-state index in [0.717, 1.165) is 12.8 Å². The van der Waals surface area contributed by atoms with Crippen molar-refractivity contribution in [1.29, 1.82) is 0 Å². The summed E-state index contributed by atoms with van der Waals surface area (Å²) in [6.07, 6.45) is 1.09. The summed E-state index contributed by atoms with van der Waals surface area (Å²) < 4.78 is 5.22. The van der Waals surface area contributed by atoms with Gasteiger partial charge in [-0.3, -0.25) is 4.79 Å². The quantitative estimate of drug-likeness (QED) is 0.859. The molecular weight excluding hydrogens is 232 g/mol. The molecule has 1 aliphatic heterocycles. The molecule has 1 aromatic rings. The van der Waals surface area contributed by atoms with E-state index in [-0.39, 0.29) is 11.8 Å². The number of amides is 2. The summed E-state index contributed by atoms with van der Waals surface area (Å²) in [5.74, 6) is -0.113. The highest BCUT2D eigenvalue weighted by atomic mass is 16.6. The van der Waals surface area contributed by atoms with Crippen molar-refractivity contribution in [3.8, 4) is 5.75 Å². The fourth-order valence-electron chi connectivity index (χ4n) is 2.03. The highest BCUT2D eigenvalue weighted by Crippen LogP contribution is 2.18. The minimum Gasteiger partial charge on any atom is -0.410 e. The van der Waals surface area contributed by atoms with Gasteiger partial charge in [-0.15, -0.1) is 0 Å². The lowest BCUT2D eigenvalue weighted by Gasteiger charge is -2.30. The lowest BCUT2D eigenvalue weighted by atomic mass is 9.98. The molecule has 1 heterocycles. The fraction of sp³-hybridized carbons (Fsp3) is 0.385. The van der Waals surface area contributed by atoms with E-state index in [2.05, 4.69) is 0 Å². The number of nitrogens with zero attached hydrogens (tertiary/aromatic N) is 1. The number of hydrogen-bond acceptors (Lipinski definition) is 3. The van der Waals surface area contributed by atoms with Gasteiger partial charge in [0.15, 0.2) is 0 Å². The van der Waals surface area contributed by atoms with Crippen molar-refractivity contribution in [2.24, 2.45) is 11.7 Å². The number of ether oxygens (including phenoxy) is 1. The molecule has 1 atom stereocenters. The van der Waals surface area contributed by atoms with Crippen LogP contribution in [0.4, 0.5) is 4.79 Å². The zero-order valence-electron chi connectivity index (χ0n) is 10.0. The van der Waals surface area contributed by atoms with E-state index >= 15 is 0 Å². The van der Waals surface area contributed by atoms with Gasteiger partial charge in [0.2, 0.25) is 5.91 Å². The Bertz CT molecular complexity index is 433. The molecule has 2 N–H and O–H groups in total. The molecule has 1 saturated heterocycles. The van der Waals surface area contributed by atoms with Gasteiger partial charge in [-0.1, -0.05) is 18.2 Å². The maximum atomic E-state index is 11.9. The predicted octanol–water partition coefficient (Wildman–Crippen LogP) is 1.38. The van der Waals surface area contributed by atoms with Gasteiger partial charge in [0.25, 0.3) is 0 Å². The van der Waals surface area contributed by atoms with E-state index < -0.39 is 6.09 Å². The number of carbonyl (C=O) groups is 2. The van der Waals surface area contributed by atoms with Crippen LogP contribution in [0.1, 0.15) is 12.8 Å². The Hall–Kier alpha value is -2.04. The normalized spacial score (nSPS) is 19.3. The summed E-state index contributed by atoms with van der Waals surface area (Å²) in [6.45, 7) is 0.955. The van der Waals surface area contributed by atoms with Crippen LogP contribution < -0.4 is 10.5 Å². The molecule has 5 nitrogen and oxygen atoms in total. The van der Waals surface area contributed by atoms with Crippen LogP contribution in [-0.2, 0) is 4.79 Å². The van der Waals surface area contributed by atoms with Gasteiger partial charge in [0, 0.05) is 13.1 Å². The third kappa shape index (κ3) is 3.00. The Balaban J connectivity index is 1.95. The smallest absolute Gasteiger partial charge is 0.410 e. The van der Waals surface area contributed by atoms with Gasteiger partial charge in [0.1, 0.15) is 5.75 Å². The van der Waals surface area contributed by atoms with Gasteiger partial charge >= 0.3 is 6.09 Å². The van der Waals surface area contributed by atoms with Crippen molar-refractivity contribution in [3.05, 3.63) is 30.3 Å². The Kier molecular flexibility index (Phi) is 3.82. The Morgan fingerprint density at radius 3 is 2.67 bits per heavy atom. The lowest BCUT2D eigenvalue weighted by Crippen LogP contribution is -2.45. The van der Waals surface area contributed by atoms with Crippen molar-refractivity contribution in [2.45, 2.75) is 12.8 Å². The third-order valence-electron chi connectivity index (χ3n) is 3.03. The molecule has 1 aliphatic rings. The molecule has 2 amide bonds. The monoisotopic (exact) mass is 248 g/mol. The maximum absolute atomic E-state index is 11.9. The number of para-hydroxylation sites is 1. The van der Waals surface area contributed by atoms with Crippen molar-refractivity contribution in [3.63, 3.8) is 0 Å². The van der Waals surface area contributed by atoms with Crippen molar-refractivity contribution < 1.29 is 14.3 Å². The number of hydrogen-bond donors (Lipinski definition) is 1. The first-order valence-electron chi connectivity index (χ1n) is 5.98. The maximum Gasteiger partial charge on any atom is 0.415 e. The molecule has 1 aromatic carbocycles. The fourth-order valence-corrected chi connectivity index (χ4v) is 2.03. The molecular formula is C13H16N2O3. The molecule has 96 valence electrons. The molecule has 1 fully saturated rings. The second-order valence-corrected chi connectivity index (χ2v) is 4.37. The van der Waals surface area contributed by atoms with E-state index in [1.54, 1.807) is 24.3 Å². The van der Waals surface area contributed by atoms with Crippen LogP contribution >= 0.6 is 0 Å². The molecule has 0 aliphatic carbocycles. The minimum absolute atomic E-state index is 0.262. The predicted molar refractivity (Wildman–Crippen MR) is 66.0 cm³/mol. The summed E-state index contributed by atoms with van der Waals surface area (Å²) in [5, 5.41) is 0. The van der Waals surface area contributed by atoms with E-state index in [9.17, 15) is 9.59 Å². The zero-order valence-corrected chi connectivity index (χ0v) is 10.0. The topological polar surface area (TPSA) is 72.6 Å². The molecule has 1 unspecified atom stereocenters. The summed E-state index contributed by atoms with van der Waals surface area (Å²) in [4.78, 5) is 24.5. The van der Waals surface area contributed by atoms with Crippen LogP contribution in [0, 0.1) is 5.92 Å². The average molecular weight is 248 g/mol. The molecule has 18 heavy (non-hydrogen) atoms. The van der Waals surface area contributed by atoms with Gasteiger partial charge in [0.05, 0.1) is 5.92 Å². The molecule has 0 bridgehead atoms. The number of piperidine rings is 1. The van der Waals surface area contributed by atoms with Gasteiger partial charge in [-0.25, -0.2) is 4.79 Å². The molecule has 0 radical (unpaired) electrons. The highest BCUT2D eigenvalue weighted by molar-refractivity contribution is 5.78. The molecule has 0 aromatic heterocycles. The Morgan fingerprint density at radius 2 is 2.00 bits per heavy atom. The summed E-state index contributed by atoms with van der Waals surface area (Å²) in [5.41, 5.74) is 5.26. The van der Waals surface area contributed by atoms with Crippen LogP contribution in [0.15, 0.2) is 30.3 Å². The lowest BCUT2D eigenvalue weighted by molar-refractivity contribution is -0.123. The number of carbonyl (C=O) groups excluding carboxylic acids is 2. The highest BCUT2D eigenvalue weighted by Gasteiger charge is 2.27. The number of likely N-dealkylation sites (tertiary alicyclic amines) is 1. The second-order valence-electron chi connectivity index (χ2n) is 4.37. The number of nitrogens with two attached hydrogens (primary N) is 1.